The fourth-order valence-corrected chi connectivity index (χ4v) is 3.66. The van der Waals surface area contributed by atoms with Gasteiger partial charge < -0.3 is 10.0 Å². The molecule has 1 fully saturated rings. The van der Waals surface area contributed by atoms with Crippen molar-refractivity contribution in [1.82, 2.24) is 0 Å². The molecule has 1 aromatic carbocycles. The first-order valence-corrected chi connectivity index (χ1v) is 7.93. The fourth-order valence-electron chi connectivity index (χ4n) is 3.66. The normalized spacial score (nSPS) is 22.8. The van der Waals surface area contributed by atoms with E-state index in [0.717, 1.165) is 12.1 Å². The molecule has 1 aliphatic rings. The van der Waals surface area contributed by atoms with Crippen LogP contribution in [-0.4, -0.2) is 23.7 Å². The van der Waals surface area contributed by atoms with Gasteiger partial charge in [0.25, 0.3) is 0 Å². The van der Waals surface area contributed by atoms with E-state index in [4.69, 9.17) is 0 Å². The van der Waals surface area contributed by atoms with E-state index < -0.39 is 5.97 Å². The molecule has 0 saturated heterocycles. The highest BCUT2D eigenvalue weighted by molar-refractivity contribution is 5.74. The Morgan fingerprint density at radius 1 is 1.19 bits per heavy atom. The average molecular weight is 289 g/mol. The van der Waals surface area contributed by atoms with Gasteiger partial charge in [-0.3, -0.25) is 4.79 Å². The zero-order valence-corrected chi connectivity index (χ0v) is 13.4. The number of para-hydroxylation sites is 1. The first-order chi connectivity index (χ1) is 9.89. The lowest BCUT2D eigenvalue weighted by Crippen LogP contribution is -2.49. The summed E-state index contributed by atoms with van der Waals surface area (Å²) in [5.74, 6) is -0.220. The Balaban J connectivity index is 2.32. The zero-order chi connectivity index (χ0) is 15.5. The number of rotatable bonds is 4. The van der Waals surface area contributed by atoms with Gasteiger partial charge in [0, 0.05) is 11.7 Å². The van der Waals surface area contributed by atoms with Gasteiger partial charge in [-0.25, -0.2) is 0 Å². The van der Waals surface area contributed by atoms with Crippen molar-refractivity contribution in [2.45, 2.75) is 52.5 Å². The lowest BCUT2D eigenvalue weighted by Gasteiger charge is -2.46. The van der Waals surface area contributed by atoms with Crippen molar-refractivity contribution in [2.75, 3.05) is 11.4 Å². The molecule has 3 heteroatoms. The van der Waals surface area contributed by atoms with Gasteiger partial charge in [-0.2, -0.15) is 0 Å². The number of carboxylic acids is 1. The van der Waals surface area contributed by atoms with Crippen molar-refractivity contribution < 1.29 is 9.90 Å². The molecular formula is C18H27NO2. The maximum absolute atomic E-state index is 11.3. The Kier molecular flexibility index (Phi) is 4.92. The summed E-state index contributed by atoms with van der Waals surface area (Å²) in [4.78, 5) is 13.4. The molecule has 0 bridgehead atoms. The van der Waals surface area contributed by atoms with Crippen LogP contribution in [0.1, 0.15) is 46.5 Å². The number of carboxylic acid groups (broad SMARTS) is 1. The first kappa shape index (κ1) is 15.9. The van der Waals surface area contributed by atoms with E-state index in [-0.39, 0.29) is 12.0 Å². The molecule has 0 aliphatic heterocycles. The summed E-state index contributed by atoms with van der Waals surface area (Å²) >= 11 is 0. The SMILES string of the molecule is CC(C)(C)C1CCCCC1N(CC(=O)O)c1ccccc1. The summed E-state index contributed by atoms with van der Waals surface area (Å²) in [6.07, 6.45) is 4.73. The van der Waals surface area contributed by atoms with Crippen molar-refractivity contribution in [1.29, 1.82) is 0 Å². The zero-order valence-electron chi connectivity index (χ0n) is 13.4. The van der Waals surface area contributed by atoms with Crippen LogP contribution in [0.5, 0.6) is 0 Å². The summed E-state index contributed by atoms with van der Waals surface area (Å²) < 4.78 is 0. The van der Waals surface area contributed by atoms with Crippen LogP contribution in [0.15, 0.2) is 30.3 Å². The van der Waals surface area contributed by atoms with E-state index in [1.54, 1.807) is 0 Å². The van der Waals surface area contributed by atoms with Gasteiger partial charge >= 0.3 is 5.97 Å². The maximum Gasteiger partial charge on any atom is 0.323 e. The quantitative estimate of drug-likeness (QED) is 0.904. The molecular weight excluding hydrogens is 262 g/mol. The molecule has 3 nitrogen and oxygen atoms in total. The van der Waals surface area contributed by atoms with E-state index in [0.29, 0.717) is 12.0 Å². The summed E-state index contributed by atoms with van der Waals surface area (Å²) in [6.45, 7) is 6.92. The highest BCUT2D eigenvalue weighted by Gasteiger charge is 2.38. The monoisotopic (exact) mass is 289 g/mol. The summed E-state index contributed by atoms with van der Waals surface area (Å²) in [7, 11) is 0. The van der Waals surface area contributed by atoms with Crippen LogP contribution < -0.4 is 4.90 Å². The van der Waals surface area contributed by atoms with Crippen LogP contribution in [0.4, 0.5) is 5.69 Å². The Morgan fingerprint density at radius 2 is 1.81 bits per heavy atom. The molecule has 1 aliphatic carbocycles. The molecule has 0 spiro atoms. The van der Waals surface area contributed by atoms with Gasteiger partial charge in [0.15, 0.2) is 0 Å². The lowest BCUT2D eigenvalue weighted by molar-refractivity contribution is -0.135. The first-order valence-electron chi connectivity index (χ1n) is 7.93. The van der Waals surface area contributed by atoms with Gasteiger partial charge in [0.2, 0.25) is 0 Å². The second-order valence-corrected chi connectivity index (χ2v) is 7.18. The third-order valence-corrected chi connectivity index (χ3v) is 4.64. The predicted molar refractivity (Wildman–Crippen MR) is 86.6 cm³/mol. The second-order valence-electron chi connectivity index (χ2n) is 7.18. The van der Waals surface area contributed by atoms with Gasteiger partial charge in [0.05, 0.1) is 0 Å². The van der Waals surface area contributed by atoms with Gasteiger partial charge in [0.1, 0.15) is 6.54 Å². The van der Waals surface area contributed by atoms with Crippen LogP contribution in [0.25, 0.3) is 0 Å². The number of aliphatic carboxylic acids is 1. The summed E-state index contributed by atoms with van der Waals surface area (Å²) in [5.41, 5.74) is 1.23. The van der Waals surface area contributed by atoms with Crippen LogP contribution in [-0.2, 0) is 4.79 Å². The fraction of sp³-hybridized carbons (Fsp3) is 0.611. The highest BCUT2D eigenvalue weighted by Crippen LogP contribution is 2.41. The summed E-state index contributed by atoms with van der Waals surface area (Å²) in [5, 5.41) is 9.32. The van der Waals surface area contributed by atoms with Crippen molar-refractivity contribution in [3.63, 3.8) is 0 Å². The molecule has 0 heterocycles. The predicted octanol–water partition coefficient (Wildman–Crippen LogP) is 4.18. The Labute approximate surface area is 128 Å². The highest BCUT2D eigenvalue weighted by atomic mass is 16.4. The van der Waals surface area contributed by atoms with Gasteiger partial charge in [-0.05, 0) is 36.3 Å². The topological polar surface area (TPSA) is 40.5 Å². The third-order valence-electron chi connectivity index (χ3n) is 4.64. The second kappa shape index (κ2) is 6.50. The molecule has 2 rings (SSSR count). The molecule has 21 heavy (non-hydrogen) atoms. The Morgan fingerprint density at radius 3 is 2.38 bits per heavy atom. The molecule has 0 radical (unpaired) electrons. The van der Waals surface area contributed by atoms with Crippen molar-refractivity contribution >= 4 is 11.7 Å². The Bertz CT molecular complexity index is 464. The van der Waals surface area contributed by atoms with E-state index >= 15 is 0 Å². The molecule has 116 valence electrons. The number of hydrogen-bond acceptors (Lipinski definition) is 2. The van der Waals surface area contributed by atoms with Gasteiger partial charge in [-0.1, -0.05) is 51.8 Å². The van der Waals surface area contributed by atoms with Crippen molar-refractivity contribution in [3.05, 3.63) is 30.3 Å². The van der Waals surface area contributed by atoms with Crippen LogP contribution in [0.3, 0.4) is 0 Å². The van der Waals surface area contributed by atoms with E-state index in [1.807, 2.05) is 30.3 Å². The number of carbonyl (C=O) groups is 1. The number of anilines is 1. The number of benzene rings is 1. The van der Waals surface area contributed by atoms with E-state index in [1.165, 1.54) is 19.3 Å². The smallest absolute Gasteiger partial charge is 0.323 e. The third kappa shape index (κ3) is 3.99. The number of hydrogen-bond donors (Lipinski definition) is 1. The molecule has 2 atom stereocenters. The molecule has 0 aromatic heterocycles. The standard InChI is InChI=1S/C18H27NO2/c1-18(2,3)15-11-7-8-12-16(15)19(13-17(20)21)14-9-5-4-6-10-14/h4-6,9-10,15-16H,7-8,11-13H2,1-3H3,(H,20,21). The average Bonchev–Trinajstić information content (AvgIpc) is 2.44. The van der Waals surface area contributed by atoms with E-state index in [2.05, 4.69) is 25.7 Å². The van der Waals surface area contributed by atoms with Crippen molar-refractivity contribution in [2.24, 2.45) is 11.3 Å². The number of nitrogens with zero attached hydrogens (tertiary/aromatic N) is 1. The maximum atomic E-state index is 11.3. The minimum Gasteiger partial charge on any atom is -0.480 e. The van der Waals surface area contributed by atoms with Crippen molar-refractivity contribution in [3.8, 4) is 0 Å². The lowest BCUT2D eigenvalue weighted by atomic mass is 9.69. The van der Waals surface area contributed by atoms with Crippen LogP contribution >= 0.6 is 0 Å². The van der Waals surface area contributed by atoms with E-state index in [9.17, 15) is 9.90 Å². The summed E-state index contributed by atoms with van der Waals surface area (Å²) in [6, 6.07) is 10.3. The molecule has 1 saturated carbocycles. The molecule has 2 unspecified atom stereocenters. The molecule has 1 aromatic rings. The van der Waals surface area contributed by atoms with Crippen LogP contribution in [0, 0.1) is 11.3 Å². The van der Waals surface area contributed by atoms with Gasteiger partial charge in [-0.15, -0.1) is 0 Å². The minimum atomic E-state index is -0.753. The molecule has 1 N–H and O–H groups in total. The molecule has 0 amide bonds. The Hall–Kier alpha value is -1.51. The van der Waals surface area contributed by atoms with Crippen LogP contribution in [0.2, 0.25) is 0 Å². The minimum absolute atomic E-state index is 0.0846. The largest absolute Gasteiger partial charge is 0.480 e.